The van der Waals surface area contributed by atoms with Gasteiger partial charge in [-0.25, -0.2) is 14.5 Å². The topological polar surface area (TPSA) is 87.8 Å². The minimum atomic E-state index is -0.438. The highest BCUT2D eigenvalue weighted by Gasteiger charge is 2.44. The van der Waals surface area contributed by atoms with Crippen molar-refractivity contribution in [3.63, 3.8) is 0 Å². The summed E-state index contributed by atoms with van der Waals surface area (Å²) in [5.74, 6) is 2.54. The van der Waals surface area contributed by atoms with Crippen molar-refractivity contribution >= 4 is 11.4 Å². The maximum absolute atomic E-state index is 13.7. The number of Topliss-reactive ketones (excluding diaryl/α,β-unsaturated/α-hetero) is 1. The predicted octanol–water partition coefficient (Wildman–Crippen LogP) is 5.28. The van der Waals surface area contributed by atoms with Crippen molar-refractivity contribution in [1.29, 1.82) is 0 Å². The van der Waals surface area contributed by atoms with Gasteiger partial charge in [0.15, 0.2) is 28.8 Å². The molecule has 4 aromatic rings. The molecule has 8 heteroatoms. The summed E-state index contributed by atoms with van der Waals surface area (Å²) >= 11 is 0. The molecule has 1 aliphatic heterocycles. The van der Waals surface area contributed by atoms with Crippen LogP contribution in [-0.4, -0.2) is 39.6 Å². The van der Waals surface area contributed by atoms with Gasteiger partial charge in [0.25, 0.3) is 0 Å². The molecule has 188 valence electrons. The molecule has 6 rings (SSSR count). The van der Waals surface area contributed by atoms with Gasteiger partial charge in [0.05, 0.1) is 25.7 Å². The number of methoxy groups -OCH3 is 2. The summed E-state index contributed by atoms with van der Waals surface area (Å²) in [7, 11) is 3.21. The minimum absolute atomic E-state index is 0.0670. The maximum Gasteiger partial charge on any atom is 0.228 e. The lowest BCUT2D eigenvalue weighted by Gasteiger charge is -2.37. The predicted molar refractivity (Wildman–Crippen MR) is 138 cm³/mol. The number of hydrogen-bond donors (Lipinski definition) is 0. The number of nitrogens with zero attached hydrogens (tertiary/aromatic N) is 4. The molecule has 37 heavy (non-hydrogen) atoms. The maximum atomic E-state index is 13.7. The van der Waals surface area contributed by atoms with Crippen LogP contribution in [0.3, 0.4) is 0 Å². The number of hydrogen-bond acceptors (Lipinski definition) is 7. The van der Waals surface area contributed by atoms with Crippen LogP contribution in [0.15, 0.2) is 60.1 Å². The summed E-state index contributed by atoms with van der Waals surface area (Å²) in [4.78, 5) is 23.2. The van der Waals surface area contributed by atoms with E-state index >= 15 is 0 Å². The summed E-state index contributed by atoms with van der Waals surface area (Å²) in [5, 5.41) is 4.73. The summed E-state index contributed by atoms with van der Waals surface area (Å²) in [6.07, 6.45) is 2.70. The van der Waals surface area contributed by atoms with E-state index in [-0.39, 0.29) is 11.2 Å². The summed E-state index contributed by atoms with van der Waals surface area (Å²) in [6, 6.07) is 13.7. The molecule has 0 unspecified atom stereocenters. The third-order valence-electron chi connectivity index (χ3n) is 7.19. The molecule has 0 amide bonds. The molecule has 0 fully saturated rings. The molecule has 0 bridgehead atoms. The van der Waals surface area contributed by atoms with E-state index in [9.17, 15) is 4.79 Å². The van der Waals surface area contributed by atoms with Crippen LogP contribution in [0.4, 0.5) is 0 Å². The lowest BCUT2D eigenvalue weighted by molar-refractivity contribution is -0.118. The molecule has 0 N–H and O–H groups in total. The van der Waals surface area contributed by atoms with Crippen molar-refractivity contribution in [2.75, 3.05) is 14.2 Å². The van der Waals surface area contributed by atoms with Crippen LogP contribution >= 0.6 is 0 Å². The first-order valence-electron chi connectivity index (χ1n) is 12.3. The largest absolute Gasteiger partial charge is 0.493 e. The molecule has 2 aromatic carbocycles. The number of rotatable bonds is 4. The van der Waals surface area contributed by atoms with Gasteiger partial charge in [0, 0.05) is 24.0 Å². The van der Waals surface area contributed by atoms with Gasteiger partial charge < -0.3 is 14.2 Å². The van der Waals surface area contributed by atoms with Crippen molar-refractivity contribution in [1.82, 2.24) is 19.6 Å². The molecule has 3 heterocycles. The van der Waals surface area contributed by atoms with Crippen LogP contribution in [0.1, 0.15) is 49.3 Å². The average molecular weight is 497 g/mol. The Labute approximate surface area is 214 Å². The molecule has 0 saturated heterocycles. The van der Waals surface area contributed by atoms with Crippen LogP contribution in [0.25, 0.3) is 17.0 Å². The highest BCUT2D eigenvalue weighted by molar-refractivity contribution is 6.00. The average Bonchev–Trinajstić information content (AvgIpc) is 3.31. The molecule has 8 nitrogen and oxygen atoms in total. The monoisotopic (exact) mass is 496 g/mol. The Hall–Kier alpha value is -4.20. The molecule has 1 atom stereocenters. The highest BCUT2D eigenvalue weighted by Crippen LogP contribution is 2.51. The standard InChI is InChI=1S/C29H28N4O4/c1-16-8-6-7-9-18(16)26-31-27-25-23(17-10-11-20(35-4)21(12-17)36-5)24-19(34)13-29(2,3)14-22(24)37-28(25)30-15-33(27)32-26/h6-12,15,23H,13-14H2,1-5H3/t23-/m1/s1. The smallest absolute Gasteiger partial charge is 0.228 e. The zero-order chi connectivity index (χ0) is 25.9. The number of fused-ring (bicyclic) bond motifs is 3. The van der Waals surface area contributed by atoms with Crippen LogP contribution in [0.5, 0.6) is 17.4 Å². The van der Waals surface area contributed by atoms with Crippen molar-refractivity contribution in [3.8, 4) is 28.8 Å². The fourth-order valence-electron chi connectivity index (χ4n) is 5.45. The molecule has 2 aromatic heterocycles. The number of aryl methyl sites for hydroxylation is 1. The lowest BCUT2D eigenvalue weighted by Crippen LogP contribution is -2.33. The van der Waals surface area contributed by atoms with Gasteiger partial charge in [-0.2, -0.15) is 0 Å². The van der Waals surface area contributed by atoms with Crippen LogP contribution in [0.2, 0.25) is 0 Å². The van der Waals surface area contributed by atoms with Gasteiger partial charge in [-0.1, -0.05) is 44.2 Å². The van der Waals surface area contributed by atoms with Gasteiger partial charge in [0.1, 0.15) is 12.1 Å². The van der Waals surface area contributed by atoms with Crippen molar-refractivity contribution < 1.29 is 19.0 Å². The molecule has 0 saturated carbocycles. The first-order chi connectivity index (χ1) is 17.8. The molecule has 2 aliphatic rings. The van der Waals surface area contributed by atoms with Gasteiger partial charge >= 0.3 is 0 Å². The van der Waals surface area contributed by atoms with Gasteiger partial charge in [-0.3, -0.25) is 4.79 Å². The van der Waals surface area contributed by atoms with Crippen molar-refractivity contribution in [2.24, 2.45) is 5.41 Å². The van der Waals surface area contributed by atoms with Crippen LogP contribution < -0.4 is 14.2 Å². The lowest BCUT2D eigenvalue weighted by atomic mass is 9.70. The third kappa shape index (κ3) is 3.75. The normalized spacial score (nSPS) is 18.3. The van der Waals surface area contributed by atoms with E-state index < -0.39 is 5.92 Å². The number of allylic oxidation sites excluding steroid dienone is 2. The third-order valence-corrected chi connectivity index (χ3v) is 7.19. The minimum Gasteiger partial charge on any atom is -0.493 e. The van der Waals surface area contributed by atoms with E-state index in [1.807, 2.05) is 49.4 Å². The van der Waals surface area contributed by atoms with E-state index in [1.54, 1.807) is 25.1 Å². The molecule has 1 aliphatic carbocycles. The zero-order valence-corrected chi connectivity index (χ0v) is 21.5. The second-order valence-corrected chi connectivity index (χ2v) is 10.4. The van der Waals surface area contributed by atoms with E-state index in [0.717, 1.165) is 16.7 Å². The second kappa shape index (κ2) is 8.44. The number of benzene rings is 2. The highest BCUT2D eigenvalue weighted by atomic mass is 16.5. The van der Waals surface area contributed by atoms with Crippen LogP contribution in [-0.2, 0) is 4.79 Å². The fourth-order valence-corrected chi connectivity index (χ4v) is 5.45. The summed E-state index contributed by atoms with van der Waals surface area (Å²) in [6.45, 7) is 6.20. The van der Waals surface area contributed by atoms with Gasteiger partial charge in [-0.15, -0.1) is 5.10 Å². The Bertz CT molecular complexity index is 1600. The molecule has 0 radical (unpaired) electrons. The quantitative estimate of drug-likeness (QED) is 0.380. The Morgan fingerprint density at radius 1 is 1.05 bits per heavy atom. The number of aromatic nitrogens is 4. The van der Waals surface area contributed by atoms with Crippen molar-refractivity contribution in [2.45, 2.75) is 39.5 Å². The van der Waals surface area contributed by atoms with Crippen molar-refractivity contribution in [3.05, 3.63) is 76.8 Å². The first kappa shape index (κ1) is 23.2. The van der Waals surface area contributed by atoms with Gasteiger partial charge in [-0.05, 0) is 35.6 Å². The SMILES string of the molecule is COc1ccc([C@@H]2C3=C(CC(C)(C)CC3=O)Oc3ncn4nc(-c5ccccc5C)nc4c32)cc1OC. The van der Waals surface area contributed by atoms with E-state index in [1.165, 1.54) is 0 Å². The number of carbonyl (C=O) groups excluding carboxylic acids is 1. The Morgan fingerprint density at radius 3 is 2.59 bits per heavy atom. The second-order valence-electron chi connectivity index (χ2n) is 10.4. The Morgan fingerprint density at radius 2 is 1.84 bits per heavy atom. The summed E-state index contributed by atoms with van der Waals surface area (Å²) < 4.78 is 19.1. The number of ether oxygens (including phenoxy) is 3. The molecular formula is C29H28N4O4. The molecule has 0 spiro atoms. The zero-order valence-electron chi connectivity index (χ0n) is 21.5. The van der Waals surface area contributed by atoms with E-state index in [0.29, 0.717) is 58.6 Å². The first-order valence-corrected chi connectivity index (χ1v) is 12.3. The van der Waals surface area contributed by atoms with E-state index in [2.05, 4.69) is 18.8 Å². The fraction of sp³-hybridized carbons (Fsp3) is 0.310. The number of carbonyl (C=O) groups is 1. The molecular weight excluding hydrogens is 468 g/mol. The van der Waals surface area contributed by atoms with Crippen LogP contribution in [0, 0.1) is 12.3 Å². The Kier molecular flexibility index (Phi) is 5.29. The number of ketones is 1. The Balaban J connectivity index is 1.62. The van der Waals surface area contributed by atoms with E-state index in [4.69, 9.17) is 24.3 Å². The van der Waals surface area contributed by atoms with Gasteiger partial charge in [0.2, 0.25) is 5.88 Å². The summed E-state index contributed by atoms with van der Waals surface area (Å²) in [5.41, 5.74) is 4.65.